The van der Waals surface area contributed by atoms with Crippen molar-refractivity contribution >= 4 is 5.97 Å². The monoisotopic (exact) mass is 382 g/mol. The fourth-order valence-corrected chi connectivity index (χ4v) is 4.18. The summed E-state index contributed by atoms with van der Waals surface area (Å²) >= 11 is 0. The van der Waals surface area contributed by atoms with Crippen LogP contribution in [0.15, 0.2) is 30.3 Å². The lowest BCUT2D eigenvalue weighted by Crippen LogP contribution is -2.33. The highest BCUT2D eigenvalue weighted by Crippen LogP contribution is 2.50. The van der Waals surface area contributed by atoms with Gasteiger partial charge >= 0.3 is 5.97 Å². The van der Waals surface area contributed by atoms with Crippen molar-refractivity contribution in [1.82, 2.24) is 0 Å². The molecule has 0 saturated heterocycles. The predicted molar refractivity (Wildman–Crippen MR) is 111 cm³/mol. The number of methoxy groups -OCH3 is 1. The van der Waals surface area contributed by atoms with Gasteiger partial charge < -0.3 is 14.9 Å². The van der Waals surface area contributed by atoms with Crippen LogP contribution in [0.3, 0.4) is 0 Å². The number of aryl methyl sites for hydroxylation is 1. The molecular formula is C24H30O4. The van der Waals surface area contributed by atoms with Crippen LogP contribution in [0.2, 0.25) is 0 Å². The standard InChI is InChI=1S/C24H30O4/c1-23(2)10-11-24(3,4)19-14-21(28-5)17(13-18(19)23)16-12-15(6-8-20(16)25)7-9-22(26)27/h6,8,12-14,25H,7,9-11H2,1-5H3,(H,26,27). The van der Waals surface area contributed by atoms with E-state index in [-0.39, 0.29) is 23.0 Å². The second-order valence-electron chi connectivity index (χ2n) is 9.11. The molecule has 28 heavy (non-hydrogen) atoms. The third-order valence-corrected chi connectivity index (χ3v) is 6.15. The van der Waals surface area contributed by atoms with Gasteiger partial charge in [-0.1, -0.05) is 33.8 Å². The first-order chi connectivity index (χ1) is 13.0. The van der Waals surface area contributed by atoms with Gasteiger partial charge in [-0.2, -0.15) is 0 Å². The molecule has 0 bridgehead atoms. The van der Waals surface area contributed by atoms with Gasteiger partial charge in [-0.3, -0.25) is 4.79 Å². The van der Waals surface area contributed by atoms with Crippen molar-refractivity contribution in [2.24, 2.45) is 0 Å². The number of fused-ring (bicyclic) bond motifs is 1. The van der Waals surface area contributed by atoms with Crippen LogP contribution in [0.4, 0.5) is 0 Å². The second kappa shape index (κ2) is 7.16. The molecule has 4 heteroatoms. The van der Waals surface area contributed by atoms with E-state index in [1.54, 1.807) is 19.2 Å². The molecule has 0 saturated carbocycles. The lowest BCUT2D eigenvalue weighted by Gasteiger charge is -2.42. The van der Waals surface area contributed by atoms with E-state index in [1.807, 2.05) is 6.07 Å². The smallest absolute Gasteiger partial charge is 0.303 e. The molecule has 0 spiro atoms. The summed E-state index contributed by atoms with van der Waals surface area (Å²) in [6.07, 6.45) is 2.70. The number of carbonyl (C=O) groups is 1. The van der Waals surface area contributed by atoms with Crippen molar-refractivity contribution in [3.63, 3.8) is 0 Å². The highest BCUT2D eigenvalue weighted by molar-refractivity contribution is 5.78. The molecule has 0 fully saturated rings. The molecule has 0 atom stereocenters. The molecule has 1 aliphatic rings. The van der Waals surface area contributed by atoms with E-state index >= 15 is 0 Å². The van der Waals surface area contributed by atoms with Crippen LogP contribution >= 0.6 is 0 Å². The first kappa shape index (κ1) is 20.2. The number of phenolic OH excluding ortho intramolecular Hbond substituents is 1. The summed E-state index contributed by atoms with van der Waals surface area (Å²) in [5.41, 5.74) is 5.11. The number of hydrogen-bond donors (Lipinski definition) is 2. The molecule has 0 radical (unpaired) electrons. The number of phenols is 1. The minimum Gasteiger partial charge on any atom is -0.507 e. The molecule has 3 rings (SSSR count). The molecule has 4 nitrogen and oxygen atoms in total. The Morgan fingerprint density at radius 3 is 2.18 bits per heavy atom. The van der Waals surface area contributed by atoms with Crippen LogP contribution in [0, 0.1) is 0 Å². The Morgan fingerprint density at radius 1 is 1.00 bits per heavy atom. The number of rotatable bonds is 5. The van der Waals surface area contributed by atoms with Gasteiger partial charge in [-0.05, 0) is 71.0 Å². The summed E-state index contributed by atoms with van der Waals surface area (Å²) in [5.74, 6) is 0.0744. The average molecular weight is 383 g/mol. The second-order valence-corrected chi connectivity index (χ2v) is 9.11. The van der Waals surface area contributed by atoms with Crippen molar-refractivity contribution < 1.29 is 19.7 Å². The average Bonchev–Trinajstić information content (AvgIpc) is 2.64. The van der Waals surface area contributed by atoms with Gasteiger partial charge in [0.05, 0.1) is 7.11 Å². The van der Waals surface area contributed by atoms with Crippen molar-refractivity contribution in [2.45, 2.75) is 64.2 Å². The fourth-order valence-electron chi connectivity index (χ4n) is 4.18. The summed E-state index contributed by atoms with van der Waals surface area (Å²) in [5, 5.41) is 19.5. The van der Waals surface area contributed by atoms with Crippen LogP contribution < -0.4 is 4.74 Å². The topological polar surface area (TPSA) is 66.8 Å². The molecule has 2 N–H and O–H groups in total. The minimum atomic E-state index is -0.829. The molecule has 0 aromatic heterocycles. The first-order valence-corrected chi connectivity index (χ1v) is 9.82. The van der Waals surface area contributed by atoms with E-state index in [1.165, 1.54) is 11.1 Å². The van der Waals surface area contributed by atoms with Crippen molar-refractivity contribution in [3.8, 4) is 22.6 Å². The van der Waals surface area contributed by atoms with E-state index in [0.29, 0.717) is 12.0 Å². The highest BCUT2D eigenvalue weighted by Gasteiger charge is 2.38. The van der Waals surface area contributed by atoms with Crippen molar-refractivity contribution in [3.05, 3.63) is 47.0 Å². The Bertz CT molecular complexity index is 909. The third-order valence-electron chi connectivity index (χ3n) is 6.15. The number of carboxylic acid groups (broad SMARTS) is 1. The molecule has 0 aliphatic heterocycles. The zero-order chi connectivity index (χ0) is 20.7. The quantitative estimate of drug-likeness (QED) is 0.723. The SMILES string of the molecule is COc1cc2c(cc1-c1cc(CCC(=O)O)ccc1O)C(C)(C)CCC2(C)C. The van der Waals surface area contributed by atoms with Gasteiger partial charge in [-0.25, -0.2) is 0 Å². The van der Waals surface area contributed by atoms with Gasteiger partial charge in [0.15, 0.2) is 0 Å². The predicted octanol–water partition coefficient (Wildman–Crippen LogP) is 5.43. The van der Waals surface area contributed by atoms with Crippen molar-refractivity contribution in [1.29, 1.82) is 0 Å². The zero-order valence-corrected chi connectivity index (χ0v) is 17.4. The summed E-state index contributed by atoms with van der Waals surface area (Å²) in [4.78, 5) is 10.9. The van der Waals surface area contributed by atoms with Gasteiger partial charge in [-0.15, -0.1) is 0 Å². The number of hydrogen-bond acceptors (Lipinski definition) is 3. The molecule has 0 amide bonds. The Morgan fingerprint density at radius 2 is 1.61 bits per heavy atom. The van der Waals surface area contributed by atoms with Gasteiger partial charge in [0.25, 0.3) is 0 Å². The first-order valence-electron chi connectivity index (χ1n) is 9.82. The lowest BCUT2D eigenvalue weighted by molar-refractivity contribution is -0.136. The summed E-state index contributed by atoms with van der Waals surface area (Å²) in [6.45, 7) is 9.06. The lowest BCUT2D eigenvalue weighted by atomic mass is 9.62. The molecule has 2 aromatic rings. The third kappa shape index (κ3) is 3.73. The van der Waals surface area contributed by atoms with Crippen LogP contribution in [-0.2, 0) is 22.0 Å². The molecular weight excluding hydrogens is 352 g/mol. The van der Waals surface area contributed by atoms with Crippen LogP contribution in [0.25, 0.3) is 11.1 Å². The molecule has 0 unspecified atom stereocenters. The normalized spacial score (nSPS) is 17.0. The summed E-state index contributed by atoms with van der Waals surface area (Å²) in [7, 11) is 1.65. The molecule has 1 aliphatic carbocycles. The molecule has 0 heterocycles. The van der Waals surface area contributed by atoms with Crippen LogP contribution in [0.5, 0.6) is 11.5 Å². The number of aliphatic carboxylic acids is 1. The van der Waals surface area contributed by atoms with Gasteiger partial charge in [0.1, 0.15) is 11.5 Å². The largest absolute Gasteiger partial charge is 0.507 e. The van der Waals surface area contributed by atoms with Crippen LogP contribution in [-0.4, -0.2) is 23.3 Å². The van der Waals surface area contributed by atoms with E-state index in [0.717, 1.165) is 29.7 Å². The van der Waals surface area contributed by atoms with E-state index < -0.39 is 5.97 Å². The Labute approximate surface area is 167 Å². The molecule has 2 aromatic carbocycles. The van der Waals surface area contributed by atoms with E-state index in [2.05, 4.69) is 39.8 Å². The Hall–Kier alpha value is -2.49. The fraction of sp³-hybridized carbons (Fsp3) is 0.458. The number of benzene rings is 2. The maximum absolute atomic E-state index is 10.9. The maximum Gasteiger partial charge on any atom is 0.303 e. The summed E-state index contributed by atoms with van der Waals surface area (Å²) in [6, 6.07) is 9.57. The Kier molecular flexibility index (Phi) is 5.18. The maximum atomic E-state index is 10.9. The highest BCUT2D eigenvalue weighted by atomic mass is 16.5. The summed E-state index contributed by atoms with van der Waals surface area (Å²) < 4.78 is 5.72. The molecule has 150 valence electrons. The minimum absolute atomic E-state index is 0.0441. The van der Waals surface area contributed by atoms with Gasteiger partial charge in [0, 0.05) is 17.5 Å². The van der Waals surface area contributed by atoms with Crippen LogP contribution in [0.1, 0.15) is 63.6 Å². The number of aromatic hydroxyl groups is 1. The van der Waals surface area contributed by atoms with Crippen molar-refractivity contribution in [2.75, 3.05) is 7.11 Å². The van der Waals surface area contributed by atoms with E-state index in [9.17, 15) is 9.90 Å². The van der Waals surface area contributed by atoms with Gasteiger partial charge in [0.2, 0.25) is 0 Å². The number of carboxylic acids is 1. The Balaban J connectivity index is 2.17. The zero-order valence-electron chi connectivity index (χ0n) is 17.4. The van der Waals surface area contributed by atoms with E-state index in [4.69, 9.17) is 9.84 Å². The number of ether oxygens (including phenoxy) is 1.